The van der Waals surface area contributed by atoms with Crippen molar-refractivity contribution in [3.63, 3.8) is 0 Å². The third kappa shape index (κ3) is 15.5. The summed E-state index contributed by atoms with van der Waals surface area (Å²) in [5, 5.41) is 0. The molecular weight excluding hydrogens is 677 g/mol. The lowest BCUT2D eigenvalue weighted by Gasteiger charge is -2.30. The van der Waals surface area contributed by atoms with Gasteiger partial charge in [-0.05, 0) is 26.7 Å². The minimum Gasteiger partial charge on any atom is -0.465 e. The molecule has 38 heavy (non-hydrogen) atoms. The lowest BCUT2D eigenvalue weighted by Crippen LogP contribution is -2.43. The second kappa shape index (κ2) is 15.1. The number of rotatable bonds is 10. The first-order chi connectivity index (χ1) is 16.1. The predicted octanol–water partition coefficient (Wildman–Crippen LogP) is 9.66. The van der Waals surface area contributed by atoms with Crippen molar-refractivity contribution < 1.29 is 71.0 Å². The average Bonchev–Trinajstić information content (AvgIpc) is 2.62. The monoisotopic (exact) mass is 706 g/mol. The summed E-state index contributed by atoms with van der Waals surface area (Å²) in [5.74, 6) is -5.57. The molecule has 0 radical (unpaired) electrons. The van der Waals surface area contributed by atoms with Gasteiger partial charge in [0.15, 0.2) is 0 Å². The summed E-state index contributed by atoms with van der Waals surface area (Å²) in [5.41, 5.74) is -7.79. The molecule has 5 atom stereocenters. The minimum absolute atomic E-state index is 0. The molecular formula is C21H29F14IO2. The van der Waals surface area contributed by atoms with E-state index in [0.717, 1.165) is 13.0 Å². The SMILES string of the molecule is C.C=CCC(CC(C)(F)C(F)(F)F)C(F)(F)F.CC(=O)OCC(I)CC(CC(C)(F)C(F)(F)F)C(F)(F)F. The number of halogens is 15. The number of esters is 1. The van der Waals surface area contributed by atoms with E-state index in [-0.39, 0.29) is 27.9 Å². The maximum atomic E-state index is 13.4. The van der Waals surface area contributed by atoms with Gasteiger partial charge in [-0.2, -0.15) is 52.7 Å². The van der Waals surface area contributed by atoms with E-state index in [2.05, 4.69) is 11.3 Å². The molecule has 0 fully saturated rings. The fraction of sp³-hybridized carbons (Fsp3) is 0.857. The number of hydrogen-bond acceptors (Lipinski definition) is 2. The molecule has 230 valence electrons. The zero-order chi connectivity index (χ0) is 30.3. The van der Waals surface area contributed by atoms with E-state index in [9.17, 15) is 66.3 Å². The summed E-state index contributed by atoms with van der Waals surface area (Å²) in [7, 11) is 0. The summed E-state index contributed by atoms with van der Waals surface area (Å²) in [4.78, 5) is 10.5. The first-order valence-corrected chi connectivity index (χ1v) is 11.4. The van der Waals surface area contributed by atoms with E-state index >= 15 is 0 Å². The summed E-state index contributed by atoms with van der Waals surface area (Å²) in [6.07, 6.45) is -24.6. The molecule has 0 saturated heterocycles. The highest BCUT2D eigenvalue weighted by molar-refractivity contribution is 14.1. The quantitative estimate of drug-likeness (QED) is 0.0744. The van der Waals surface area contributed by atoms with Gasteiger partial charge < -0.3 is 4.74 Å². The smallest absolute Gasteiger partial charge is 0.422 e. The number of allylic oxidation sites excluding steroid dienone is 1. The Bertz CT molecular complexity index is 709. The van der Waals surface area contributed by atoms with Crippen LogP contribution in [0.3, 0.4) is 0 Å². The van der Waals surface area contributed by atoms with Gasteiger partial charge in [0, 0.05) is 23.7 Å². The number of carbonyl (C=O) groups excluding carboxylic acids is 1. The summed E-state index contributed by atoms with van der Waals surface area (Å²) in [6.45, 7) is 3.86. The average molecular weight is 706 g/mol. The van der Waals surface area contributed by atoms with E-state index in [1.54, 1.807) is 0 Å². The molecule has 0 aromatic heterocycles. The molecule has 0 saturated carbocycles. The molecule has 0 heterocycles. The van der Waals surface area contributed by atoms with Gasteiger partial charge in [-0.3, -0.25) is 4.79 Å². The molecule has 5 unspecified atom stereocenters. The van der Waals surface area contributed by atoms with E-state index in [1.807, 2.05) is 0 Å². The molecule has 2 nitrogen and oxygen atoms in total. The number of alkyl halides is 15. The zero-order valence-corrected chi connectivity index (χ0v) is 21.7. The highest BCUT2D eigenvalue weighted by Crippen LogP contribution is 2.45. The van der Waals surface area contributed by atoms with Crippen LogP contribution in [-0.2, 0) is 9.53 Å². The van der Waals surface area contributed by atoms with Crippen molar-refractivity contribution in [2.75, 3.05) is 6.61 Å². The summed E-state index contributed by atoms with van der Waals surface area (Å²) >= 11 is 1.52. The largest absolute Gasteiger partial charge is 0.465 e. The van der Waals surface area contributed by atoms with Crippen molar-refractivity contribution in [2.24, 2.45) is 11.8 Å². The zero-order valence-electron chi connectivity index (χ0n) is 19.5. The number of ether oxygens (including phenoxy) is 1. The molecule has 0 rings (SSSR count). The van der Waals surface area contributed by atoms with Gasteiger partial charge in [-0.25, -0.2) is 8.78 Å². The van der Waals surface area contributed by atoms with Gasteiger partial charge in [-0.15, -0.1) is 6.58 Å². The van der Waals surface area contributed by atoms with Crippen LogP contribution >= 0.6 is 22.6 Å². The van der Waals surface area contributed by atoms with Gasteiger partial charge in [-0.1, -0.05) is 36.1 Å². The fourth-order valence-corrected chi connectivity index (χ4v) is 3.40. The van der Waals surface area contributed by atoms with Gasteiger partial charge in [0.05, 0.1) is 11.8 Å². The lowest BCUT2D eigenvalue weighted by molar-refractivity contribution is -0.248. The van der Waals surface area contributed by atoms with Crippen LogP contribution in [0.4, 0.5) is 61.5 Å². The molecule has 0 N–H and O–H groups in total. The maximum Gasteiger partial charge on any atom is 0.422 e. The highest BCUT2D eigenvalue weighted by Gasteiger charge is 2.57. The summed E-state index contributed by atoms with van der Waals surface area (Å²) < 4.78 is 178. The topological polar surface area (TPSA) is 26.3 Å². The lowest BCUT2D eigenvalue weighted by atomic mass is 9.89. The molecule has 0 aliphatic rings. The highest BCUT2D eigenvalue weighted by atomic mass is 127. The van der Waals surface area contributed by atoms with Crippen LogP contribution in [0.2, 0.25) is 0 Å². The summed E-state index contributed by atoms with van der Waals surface area (Å²) in [6, 6.07) is 0. The van der Waals surface area contributed by atoms with Crippen LogP contribution in [0.1, 0.15) is 53.9 Å². The first-order valence-electron chi connectivity index (χ1n) is 10.1. The van der Waals surface area contributed by atoms with Gasteiger partial charge in [0.2, 0.25) is 11.3 Å². The van der Waals surface area contributed by atoms with E-state index in [4.69, 9.17) is 0 Å². The van der Waals surface area contributed by atoms with Crippen LogP contribution in [0, 0.1) is 11.8 Å². The maximum absolute atomic E-state index is 13.4. The molecule has 0 amide bonds. The van der Waals surface area contributed by atoms with Crippen molar-refractivity contribution in [1.29, 1.82) is 0 Å². The fourth-order valence-electron chi connectivity index (χ4n) is 2.61. The first kappa shape index (κ1) is 41.4. The van der Waals surface area contributed by atoms with Crippen LogP contribution in [-0.4, -0.2) is 52.5 Å². The Morgan fingerprint density at radius 3 is 1.39 bits per heavy atom. The van der Waals surface area contributed by atoms with Crippen molar-refractivity contribution >= 4 is 28.6 Å². The van der Waals surface area contributed by atoms with Gasteiger partial charge >= 0.3 is 30.7 Å². The van der Waals surface area contributed by atoms with Crippen LogP contribution < -0.4 is 0 Å². The Morgan fingerprint density at radius 1 is 0.789 bits per heavy atom. The normalized spacial score (nSPS) is 18.4. The van der Waals surface area contributed by atoms with Gasteiger partial charge in [0.1, 0.15) is 6.61 Å². The molecule has 0 spiro atoms. The Balaban J connectivity index is -0.000000650. The van der Waals surface area contributed by atoms with Crippen LogP contribution in [0.5, 0.6) is 0 Å². The minimum atomic E-state index is -5.38. The molecule has 0 aliphatic heterocycles. The second-order valence-electron chi connectivity index (χ2n) is 8.44. The second-order valence-corrected chi connectivity index (χ2v) is 10.2. The van der Waals surface area contributed by atoms with Crippen molar-refractivity contribution in [2.45, 2.75) is 93.8 Å². The number of carbonyl (C=O) groups is 1. The van der Waals surface area contributed by atoms with Crippen LogP contribution in [0.25, 0.3) is 0 Å². The molecule has 0 bridgehead atoms. The van der Waals surface area contributed by atoms with Crippen molar-refractivity contribution in [3.8, 4) is 0 Å². The van der Waals surface area contributed by atoms with Gasteiger partial charge in [0.25, 0.3) is 0 Å². The predicted molar refractivity (Wildman–Crippen MR) is 120 cm³/mol. The third-order valence-corrected chi connectivity index (χ3v) is 5.69. The molecule has 17 heteroatoms. The Hall–Kier alpha value is -1.04. The van der Waals surface area contributed by atoms with E-state index in [0.29, 0.717) is 0 Å². The Kier molecular flexibility index (Phi) is 16.5. The van der Waals surface area contributed by atoms with Crippen LogP contribution in [0.15, 0.2) is 12.7 Å². The standard InChI is InChI=1S/C11H14F7IO2.C9H11F7.CH4/c1-6(20)21-5-8(19)3-7(10(13,14)15)4-9(2,12)11(16,17)18;1-3-4-6(8(11,12)13)5-7(2,10)9(14,15)16;/h7-8H,3-5H2,1-2H3;3,6H,1,4-5H2,2H3;1H4. The Labute approximate surface area is 224 Å². The third-order valence-electron chi connectivity index (χ3n) is 4.83. The van der Waals surface area contributed by atoms with Crippen molar-refractivity contribution in [1.82, 2.24) is 0 Å². The van der Waals surface area contributed by atoms with E-state index in [1.165, 1.54) is 22.6 Å². The van der Waals surface area contributed by atoms with Crippen molar-refractivity contribution in [3.05, 3.63) is 12.7 Å². The molecule has 0 aromatic rings. The molecule has 0 aromatic carbocycles. The molecule has 0 aliphatic carbocycles. The Morgan fingerprint density at radius 2 is 1.13 bits per heavy atom. The van der Waals surface area contributed by atoms with E-state index < -0.39 is 83.5 Å². The number of hydrogen-bond donors (Lipinski definition) is 0.